The van der Waals surface area contributed by atoms with E-state index in [2.05, 4.69) is 16.7 Å². The van der Waals surface area contributed by atoms with Crippen LogP contribution in [0.2, 0.25) is 0 Å². The van der Waals surface area contributed by atoms with Gasteiger partial charge in [0, 0.05) is 29.6 Å². The quantitative estimate of drug-likeness (QED) is 0.749. The fourth-order valence-corrected chi connectivity index (χ4v) is 3.24. The number of para-hydroxylation sites is 1. The molecule has 0 saturated carbocycles. The number of rotatable bonds is 2. The molecular formula is C20H16N4O2. The van der Waals surface area contributed by atoms with Gasteiger partial charge in [-0.25, -0.2) is 0 Å². The van der Waals surface area contributed by atoms with E-state index >= 15 is 0 Å². The van der Waals surface area contributed by atoms with Gasteiger partial charge in [-0.3, -0.25) is 9.59 Å². The Kier molecular flexibility index (Phi) is 3.90. The molecule has 0 aliphatic carbocycles. The Balaban J connectivity index is 1.71. The molecule has 2 heterocycles. The molecule has 1 aromatic heterocycles. The Bertz CT molecular complexity index is 1080. The van der Waals surface area contributed by atoms with Gasteiger partial charge in [0.05, 0.1) is 11.3 Å². The first-order valence-corrected chi connectivity index (χ1v) is 8.39. The third-order valence-corrected chi connectivity index (χ3v) is 4.54. The average Bonchev–Trinajstić information content (AvgIpc) is 2.93. The third kappa shape index (κ3) is 2.70. The molecule has 2 aromatic carbocycles. The number of nitrogens with zero attached hydrogens (tertiary/aromatic N) is 2. The van der Waals surface area contributed by atoms with Crippen molar-refractivity contribution in [1.29, 1.82) is 5.26 Å². The molecule has 0 unspecified atom stereocenters. The predicted octanol–water partition coefficient (Wildman–Crippen LogP) is 2.90. The lowest BCUT2D eigenvalue weighted by atomic mass is 10.1. The highest BCUT2D eigenvalue weighted by molar-refractivity contribution is 6.07. The summed E-state index contributed by atoms with van der Waals surface area (Å²) in [5, 5.41) is 15.7. The number of hydrogen-bond acceptors (Lipinski definition) is 3. The number of carbonyl (C=O) groups is 2. The summed E-state index contributed by atoms with van der Waals surface area (Å²) < 4.78 is 1.96. The molecule has 1 aliphatic rings. The van der Waals surface area contributed by atoms with Crippen molar-refractivity contribution in [3.63, 3.8) is 0 Å². The lowest BCUT2D eigenvalue weighted by Gasteiger charge is -2.09. The zero-order valence-electron chi connectivity index (χ0n) is 14.0. The first kappa shape index (κ1) is 15.9. The summed E-state index contributed by atoms with van der Waals surface area (Å²) in [5.41, 5.74) is 2.85. The Labute approximate surface area is 150 Å². The maximum absolute atomic E-state index is 12.6. The topological polar surface area (TPSA) is 86.9 Å². The molecule has 6 heteroatoms. The van der Waals surface area contributed by atoms with E-state index in [1.54, 1.807) is 36.4 Å². The lowest BCUT2D eigenvalue weighted by molar-refractivity contribution is 0.0950. The van der Waals surface area contributed by atoms with Crippen molar-refractivity contribution >= 4 is 28.4 Å². The summed E-state index contributed by atoms with van der Waals surface area (Å²) >= 11 is 0. The number of nitrogens with one attached hydrogen (secondary N) is 2. The first-order valence-electron chi connectivity index (χ1n) is 8.39. The molecule has 1 aliphatic heterocycles. The van der Waals surface area contributed by atoms with Crippen LogP contribution in [0.4, 0.5) is 5.69 Å². The van der Waals surface area contributed by atoms with Gasteiger partial charge in [0.2, 0.25) is 0 Å². The van der Waals surface area contributed by atoms with Crippen LogP contribution in [0.15, 0.2) is 48.5 Å². The molecule has 0 saturated heterocycles. The van der Waals surface area contributed by atoms with Crippen molar-refractivity contribution in [2.75, 3.05) is 11.9 Å². The maximum Gasteiger partial charge on any atom is 0.267 e. The van der Waals surface area contributed by atoms with Crippen molar-refractivity contribution in [2.45, 2.75) is 13.0 Å². The van der Waals surface area contributed by atoms with Gasteiger partial charge in [-0.2, -0.15) is 5.26 Å². The van der Waals surface area contributed by atoms with Crippen LogP contribution >= 0.6 is 0 Å². The van der Waals surface area contributed by atoms with Crippen molar-refractivity contribution < 1.29 is 9.59 Å². The third-order valence-electron chi connectivity index (χ3n) is 4.54. The number of aryl methyl sites for hydroxylation is 1. The molecule has 6 nitrogen and oxygen atoms in total. The molecule has 0 bridgehead atoms. The largest absolute Gasteiger partial charge is 0.351 e. The van der Waals surface area contributed by atoms with Crippen molar-refractivity contribution in [3.8, 4) is 6.07 Å². The Morgan fingerprint density at radius 1 is 1.19 bits per heavy atom. The van der Waals surface area contributed by atoms with E-state index < -0.39 is 0 Å². The van der Waals surface area contributed by atoms with Crippen LogP contribution in [0.25, 0.3) is 10.9 Å². The van der Waals surface area contributed by atoms with Crippen LogP contribution in [0.5, 0.6) is 0 Å². The van der Waals surface area contributed by atoms with E-state index in [9.17, 15) is 9.59 Å². The maximum atomic E-state index is 12.6. The van der Waals surface area contributed by atoms with E-state index in [-0.39, 0.29) is 11.8 Å². The van der Waals surface area contributed by atoms with E-state index in [0.717, 1.165) is 23.9 Å². The second kappa shape index (κ2) is 6.37. The summed E-state index contributed by atoms with van der Waals surface area (Å²) in [6.07, 6.45) is 0.842. The van der Waals surface area contributed by atoms with Crippen LogP contribution < -0.4 is 10.6 Å². The molecule has 0 fully saturated rings. The van der Waals surface area contributed by atoms with E-state index in [4.69, 9.17) is 5.26 Å². The minimum absolute atomic E-state index is 0.0901. The van der Waals surface area contributed by atoms with Gasteiger partial charge < -0.3 is 15.2 Å². The van der Waals surface area contributed by atoms with Gasteiger partial charge >= 0.3 is 0 Å². The first-order chi connectivity index (χ1) is 12.7. The normalized spacial score (nSPS) is 13.4. The predicted molar refractivity (Wildman–Crippen MR) is 98.0 cm³/mol. The SMILES string of the molecule is N#Cc1ccccc1NC(=O)c1ccc2cc3n(c2c1)CCCNC3=O. The number of aromatic nitrogens is 1. The Morgan fingerprint density at radius 2 is 2.04 bits per heavy atom. The van der Waals surface area contributed by atoms with Crippen molar-refractivity contribution in [2.24, 2.45) is 0 Å². The molecule has 2 amide bonds. The van der Waals surface area contributed by atoms with Gasteiger partial charge in [0.15, 0.2) is 0 Å². The summed E-state index contributed by atoms with van der Waals surface area (Å²) in [7, 11) is 0. The number of carbonyl (C=O) groups excluding carboxylic acids is 2. The van der Waals surface area contributed by atoms with Gasteiger partial charge in [0.1, 0.15) is 11.8 Å². The molecular weight excluding hydrogens is 328 g/mol. The van der Waals surface area contributed by atoms with E-state index in [0.29, 0.717) is 29.1 Å². The second-order valence-corrected chi connectivity index (χ2v) is 6.18. The average molecular weight is 344 g/mol. The van der Waals surface area contributed by atoms with E-state index in [1.807, 2.05) is 16.7 Å². The number of fused-ring (bicyclic) bond motifs is 3. The van der Waals surface area contributed by atoms with Gasteiger partial charge in [0.25, 0.3) is 11.8 Å². The number of nitriles is 1. The number of hydrogen-bond donors (Lipinski definition) is 2. The lowest BCUT2D eigenvalue weighted by Crippen LogP contribution is -2.22. The van der Waals surface area contributed by atoms with Crippen LogP contribution in [-0.2, 0) is 6.54 Å². The Hall–Kier alpha value is -3.59. The fourth-order valence-electron chi connectivity index (χ4n) is 3.24. The number of amides is 2. The second-order valence-electron chi connectivity index (χ2n) is 6.18. The smallest absolute Gasteiger partial charge is 0.267 e. The monoisotopic (exact) mass is 344 g/mol. The molecule has 26 heavy (non-hydrogen) atoms. The number of anilines is 1. The number of benzene rings is 2. The van der Waals surface area contributed by atoms with Gasteiger partial charge in [-0.05, 0) is 36.8 Å². The fraction of sp³-hybridized carbons (Fsp3) is 0.150. The molecule has 2 N–H and O–H groups in total. The highest BCUT2D eigenvalue weighted by Gasteiger charge is 2.19. The zero-order chi connectivity index (χ0) is 18.1. The summed E-state index contributed by atoms with van der Waals surface area (Å²) in [6, 6.07) is 16.2. The standard InChI is InChI=1S/C20H16N4O2/c21-12-15-4-1-2-5-16(15)23-19(25)14-7-6-13-10-18-20(26)22-8-3-9-24(18)17(13)11-14/h1-2,4-7,10-11H,3,8-9H2,(H,22,26)(H,23,25). The summed E-state index contributed by atoms with van der Waals surface area (Å²) in [5.74, 6) is -0.379. The summed E-state index contributed by atoms with van der Waals surface area (Å²) in [4.78, 5) is 24.8. The minimum Gasteiger partial charge on any atom is -0.351 e. The minimum atomic E-state index is -0.289. The van der Waals surface area contributed by atoms with Gasteiger partial charge in [-0.15, -0.1) is 0 Å². The molecule has 0 atom stereocenters. The zero-order valence-corrected chi connectivity index (χ0v) is 14.0. The Morgan fingerprint density at radius 3 is 2.88 bits per heavy atom. The van der Waals surface area contributed by atoms with Crippen LogP contribution in [0.1, 0.15) is 32.8 Å². The van der Waals surface area contributed by atoms with Crippen molar-refractivity contribution in [1.82, 2.24) is 9.88 Å². The molecule has 4 rings (SSSR count). The van der Waals surface area contributed by atoms with Gasteiger partial charge in [-0.1, -0.05) is 18.2 Å². The molecule has 3 aromatic rings. The van der Waals surface area contributed by atoms with E-state index in [1.165, 1.54) is 0 Å². The van der Waals surface area contributed by atoms with Crippen molar-refractivity contribution in [3.05, 3.63) is 65.4 Å². The van der Waals surface area contributed by atoms with Crippen LogP contribution in [-0.4, -0.2) is 22.9 Å². The highest BCUT2D eigenvalue weighted by atomic mass is 16.2. The van der Waals surface area contributed by atoms with Crippen LogP contribution in [0, 0.1) is 11.3 Å². The molecule has 0 radical (unpaired) electrons. The van der Waals surface area contributed by atoms with Crippen LogP contribution in [0.3, 0.4) is 0 Å². The molecule has 128 valence electrons. The summed E-state index contributed by atoms with van der Waals surface area (Å²) in [6.45, 7) is 1.37. The molecule has 0 spiro atoms. The highest BCUT2D eigenvalue weighted by Crippen LogP contribution is 2.24.